The highest BCUT2D eigenvalue weighted by molar-refractivity contribution is 7.89. The second kappa shape index (κ2) is 6.98. The lowest BCUT2D eigenvalue weighted by Crippen LogP contribution is -2.27. The van der Waals surface area contributed by atoms with E-state index in [0.29, 0.717) is 5.56 Å². The molecule has 1 aliphatic carbocycles. The molecular formula is C19H22N2O3S. The molecule has 0 heterocycles. The Morgan fingerprint density at radius 1 is 1.04 bits per heavy atom. The minimum Gasteiger partial charge on any atom is -0.346 e. The molecule has 6 heteroatoms. The highest BCUT2D eigenvalue weighted by Crippen LogP contribution is 2.25. The Bertz CT molecular complexity index is 889. The van der Waals surface area contributed by atoms with E-state index in [2.05, 4.69) is 23.5 Å². The number of nitrogens with one attached hydrogen (secondary N) is 1. The third-order valence-corrected chi connectivity index (χ3v) is 5.59. The summed E-state index contributed by atoms with van der Waals surface area (Å²) in [6.45, 7) is 1.95. The summed E-state index contributed by atoms with van der Waals surface area (Å²) < 4.78 is 22.5. The van der Waals surface area contributed by atoms with E-state index in [9.17, 15) is 13.2 Å². The summed E-state index contributed by atoms with van der Waals surface area (Å²) in [5, 5.41) is 8.02. The van der Waals surface area contributed by atoms with Gasteiger partial charge in [0.2, 0.25) is 10.0 Å². The van der Waals surface area contributed by atoms with Crippen LogP contribution in [0.15, 0.2) is 47.4 Å². The van der Waals surface area contributed by atoms with Crippen LogP contribution in [0.5, 0.6) is 0 Å². The second-order valence-corrected chi connectivity index (χ2v) is 8.06. The minimum atomic E-state index is -3.75. The molecular weight excluding hydrogens is 336 g/mol. The minimum absolute atomic E-state index is 0.00761. The number of carbonyl (C=O) groups is 1. The molecule has 25 heavy (non-hydrogen) atoms. The zero-order chi connectivity index (χ0) is 18.0. The van der Waals surface area contributed by atoms with Crippen molar-refractivity contribution in [1.82, 2.24) is 5.32 Å². The summed E-state index contributed by atoms with van der Waals surface area (Å²) in [5.41, 5.74) is 4.27. The van der Waals surface area contributed by atoms with Crippen LogP contribution in [0.3, 0.4) is 0 Å². The van der Waals surface area contributed by atoms with Crippen LogP contribution in [-0.2, 0) is 22.9 Å². The maximum Gasteiger partial charge on any atom is 0.251 e. The lowest BCUT2D eigenvalue weighted by molar-refractivity contribution is 0.0939. The Morgan fingerprint density at radius 3 is 2.32 bits per heavy atom. The van der Waals surface area contributed by atoms with Crippen LogP contribution in [0.2, 0.25) is 0 Å². The van der Waals surface area contributed by atoms with Crippen molar-refractivity contribution in [1.29, 1.82) is 0 Å². The van der Waals surface area contributed by atoms with Crippen molar-refractivity contribution >= 4 is 15.9 Å². The van der Waals surface area contributed by atoms with Gasteiger partial charge in [0.1, 0.15) is 0 Å². The van der Waals surface area contributed by atoms with Crippen molar-refractivity contribution in [3.05, 3.63) is 64.7 Å². The van der Waals surface area contributed by atoms with E-state index >= 15 is 0 Å². The smallest absolute Gasteiger partial charge is 0.251 e. The fourth-order valence-corrected chi connectivity index (χ4v) is 3.70. The van der Waals surface area contributed by atoms with Crippen molar-refractivity contribution in [2.45, 2.75) is 43.5 Å². The van der Waals surface area contributed by atoms with E-state index in [0.717, 1.165) is 18.4 Å². The average molecular weight is 358 g/mol. The van der Waals surface area contributed by atoms with Crippen LogP contribution in [-0.4, -0.2) is 14.3 Å². The molecule has 0 radical (unpaired) electrons. The molecule has 0 unspecified atom stereocenters. The average Bonchev–Trinajstić information content (AvgIpc) is 2.60. The molecule has 1 atom stereocenters. The fraction of sp³-hybridized carbons (Fsp3) is 0.316. The Kier molecular flexibility index (Phi) is 4.92. The molecule has 3 rings (SSSR count). The number of hydrogen-bond acceptors (Lipinski definition) is 3. The topological polar surface area (TPSA) is 89.3 Å². The Balaban J connectivity index is 1.72. The van der Waals surface area contributed by atoms with Gasteiger partial charge in [-0.05, 0) is 73.6 Å². The summed E-state index contributed by atoms with van der Waals surface area (Å²) in [4.78, 5) is 12.4. The first kappa shape index (κ1) is 17.6. The molecule has 0 saturated carbocycles. The quantitative estimate of drug-likeness (QED) is 0.880. The molecule has 2 aromatic carbocycles. The molecule has 3 N–H and O–H groups in total. The summed E-state index contributed by atoms with van der Waals surface area (Å²) >= 11 is 0. The van der Waals surface area contributed by atoms with Gasteiger partial charge in [0.25, 0.3) is 5.91 Å². The number of amides is 1. The first-order valence-electron chi connectivity index (χ1n) is 8.40. The van der Waals surface area contributed by atoms with Crippen LogP contribution >= 0.6 is 0 Å². The van der Waals surface area contributed by atoms with Gasteiger partial charge in [-0.25, -0.2) is 13.6 Å². The molecule has 0 bridgehead atoms. The van der Waals surface area contributed by atoms with E-state index < -0.39 is 10.0 Å². The number of hydrogen-bond donors (Lipinski definition) is 2. The number of aryl methyl sites for hydroxylation is 2. The fourth-order valence-electron chi connectivity index (χ4n) is 3.18. The molecule has 1 aliphatic rings. The van der Waals surface area contributed by atoms with Crippen molar-refractivity contribution in [3.8, 4) is 0 Å². The Morgan fingerprint density at radius 2 is 1.68 bits per heavy atom. The Hall–Kier alpha value is -2.18. The van der Waals surface area contributed by atoms with Gasteiger partial charge < -0.3 is 5.32 Å². The Labute approximate surface area is 148 Å². The van der Waals surface area contributed by atoms with Crippen molar-refractivity contribution in [3.63, 3.8) is 0 Å². The first-order valence-corrected chi connectivity index (χ1v) is 9.94. The number of primary sulfonamides is 1. The van der Waals surface area contributed by atoms with Gasteiger partial charge in [-0.3, -0.25) is 4.79 Å². The number of rotatable bonds is 4. The summed E-state index contributed by atoms with van der Waals surface area (Å²) in [5.74, 6) is -0.244. The number of sulfonamides is 1. The highest BCUT2D eigenvalue weighted by Gasteiger charge is 2.15. The monoisotopic (exact) mass is 358 g/mol. The summed E-state index contributed by atoms with van der Waals surface area (Å²) in [6.07, 6.45) is 4.69. The maximum absolute atomic E-state index is 12.4. The number of fused-ring (bicyclic) bond motifs is 1. The van der Waals surface area contributed by atoms with Crippen LogP contribution < -0.4 is 10.5 Å². The third kappa shape index (κ3) is 4.08. The summed E-state index contributed by atoms with van der Waals surface area (Å²) in [7, 11) is -3.75. The van der Waals surface area contributed by atoms with E-state index in [1.54, 1.807) is 0 Å². The third-order valence-electron chi connectivity index (χ3n) is 4.67. The number of nitrogens with two attached hydrogens (primary N) is 1. The lowest BCUT2D eigenvalue weighted by Gasteiger charge is -2.20. The van der Waals surface area contributed by atoms with Crippen molar-refractivity contribution in [2.75, 3.05) is 0 Å². The predicted molar refractivity (Wildman–Crippen MR) is 96.8 cm³/mol. The van der Waals surface area contributed by atoms with E-state index in [4.69, 9.17) is 5.14 Å². The van der Waals surface area contributed by atoms with Crippen LogP contribution in [0.4, 0.5) is 0 Å². The van der Waals surface area contributed by atoms with Gasteiger partial charge in [0, 0.05) is 5.56 Å². The van der Waals surface area contributed by atoms with Gasteiger partial charge in [-0.2, -0.15) is 0 Å². The van der Waals surface area contributed by atoms with Crippen LogP contribution in [0.25, 0.3) is 0 Å². The highest BCUT2D eigenvalue weighted by atomic mass is 32.2. The number of carbonyl (C=O) groups excluding carboxylic acids is 1. The van der Waals surface area contributed by atoms with Gasteiger partial charge in [0.15, 0.2) is 0 Å². The maximum atomic E-state index is 12.4. The molecule has 1 amide bonds. The van der Waals surface area contributed by atoms with E-state index in [1.807, 2.05) is 6.92 Å². The number of benzene rings is 2. The van der Waals surface area contributed by atoms with E-state index in [-0.39, 0.29) is 16.8 Å². The standard InChI is InChI=1S/C19H22N2O3S/c1-13(16-7-6-14-4-2-3-5-17(14)12-16)21-19(22)15-8-10-18(11-9-15)25(20,23)24/h6-13H,2-5H2,1H3,(H,21,22)(H2,20,23,24)/t13-/m1/s1. The van der Waals surface area contributed by atoms with Crippen LogP contribution in [0, 0.1) is 0 Å². The molecule has 0 saturated heterocycles. The lowest BCUT2D eigenvalue weighted by atomic mass is 9.89. The molecule has 5 nitrogen and oxygen atoms in total. The predicted octanol–water partition coefficient (Wildman–Crippen LogP) is 2.70. The molecule has 0 aliphatic heterocycles. The van der Waals surface area contributed by atoms with Crippen molar-refractivity contribution < 1.29 is 13.2 Å². The van der Waals surface area contributed by atoms with Gasteiger partial charge >= 0.3 is 0 Å². The largest absolute Gasteiger partial charge is 0.346 e. The van der Waals surface area contributed by atoms with Crippen molar-refractivity contribution in [2.24, 2.45) is 5.14 Å². The molecule has 132 valence electrons. The normalized spacial score (nSPS) is 15.3. The summed E-state index contributed by atoms with van der Waals surface area (Å²) in [6, 6.07) is 11.9. The van der Waals surface area contributed by atoms with E-state index in [1.165, 1.54) is 48.2 Å². The van der Waals surface area contributed by atoms with Crippen LogP contribution in [0.1, 0.15) is 52.9 Å². The zero-order valence-corrected chi connectivity index (χ0v) is 15.0. The molecule has 0 aromatic heterocycles. The SMILES string of the molecule is C[C@@H](NC(=O)c1ccc(S(N)(=O)=O)cc1)c1ccc2c(c1)CCCC2. The molecule has 0 fully saturated rings. The molecule has 2 aromatic rings. The van der Waals surface area contributed by atoms with Gasteiger partial charge in [-0.1, -0.05) is 18.2 Å². The first-order chi connectivity index (χ1) is 11.8. The second-order valence-electron chi connectivity index (χ2n) is 6.50. The van der Waals surface area contributed by atoms with Gasteiger partial charge in [-0.15, -0.1) is 0 Å². The molecule has 0 spiro atoms. The zero-order valence-electron chi connectivity index (χ0n) is 14.2. The van der Waals surface area contributed by atoms with Gasteiger partial charge in [0.05, 0.1) is 10.9 Å².